The number of H-pyrrole nitrogens is 1. The largest absolute Gasteiger partial charge is 0.451 e. The number of hydrogen-bond acceptors (Lipinski definition) is 4. The standard InChI is InChI=1S/C6H10F3N5/c1-2-3-14(10)5-11-4(12-13-5)6(7,8)9/h2-3,10H2,1H3,(H,11,12,13). The fraction of sp³-hybridized carbons (Fsp3) is 0.667. The normalized spacial score (nSPS) is 11.8. The maximum absolute atomic E-state index is 12.1. The van der Waals surface area contributed by atoms with Gasteiger partial charge in [0.05, 0.1) is 0 Å². The third-order valence-electron chi connectivity index (χ3n) is 1.46. The average Bonchev–Trinajstić information content (AvgIpc) is 2.51. The van der Waals surface area contributed by atoms with E-state index in [-0.39, 0.29) is 5.95 Å². The first-order valence-corrected chi connectivity index (χ1v) is 3.97. The van der Waals surface area contributed by atoms with Gasteiger partial charge in [-0.2, -0.15) is 18.2 Å². The van der Waals surface area contributed by atoms with Crippen LogP contribution in [0.2, 0.25) is 0 Å². The summed E-state index contributed by atoms with van der Waals surface area (Å²) in [5.41, 5.74) is 0. The molecule has 0 spiro atoms. The lowest BCUT2D eigenvalue weighted by atomic mass is 10.5. The second kappa shape index (κ2) is 3.82. The first-order chi connectivity index (χ1) is 6.45. The van der Waals surface area contributed by atoms with E-state index >= 15 is 0 Å². The van der Waals surface area contributed by atoms with E-state index in [9.17, 15) is 13.2 Å². The molecule has 0 saturated carbocycles. The Labute approximate surface area is 78.1 Å². The van der Waals surface area contributed by atoms with Gasteiger partial charge in [0.15, 0.2) is 0 Å². The number of hydrazine groups is 1. The molecule has 80 valence electrons. The maximum Gasteiger partial charge on any atom is 0.451 e. The van der Waals surface area contributed by atoms with Gasteiger partial charge in [-0.1, -0.05) is 6.92 Å². The molecule has 8 heteroatoms. The molecular weight excluding hydrogens is 199 g/mol. The molecule has 5 nitrogen and oxygen atoms in total. The summed E-state index contributed by atoms with van der Waals surface area (Å²) in [4.78, 5) is 3.21. The molecule has 0 fully saturated rings. The first kappa shape index (κ1) is 10.8. The highest BCUT2D eigenvalue weighted by Gasteiger charge is 2.35. The van der Waals surface area contributed by atoms with Crippen molar-refractivity contribution >= 4 is 5.95 Å². The van der Waals surface area contributed by atoms with E-state index in [4.69, 9.17) is 5.84 Å². The highest BCUT2D eigenvalue weighted by atomic mass is 19.4. The fourth-order valence-electron chi connectivity index (χ4n) is 0.849. The van der Waals surface area contributed by atoms with Crippen LogP contribution >= 0.6 is 0 Å². The van der Waals surface area contributed by atoms with Gasteiger partial charge in [0.1, 0.15) is 0 Å². The molecule has 1 heterocycles. The van der Waals surface area contributed by atoms with Crippen LogP contribution in [0, 0.1) is 0 Å². The fourth-order valence-corrected chi connectivity index (χ4v) is 0.849. The Morgan fingerprint density at radius 3 is 2.57 bits per heavy atom. The quantitative estimate of drug-likeness (QED) is 0.573. The Kier molecular flexibility index (Phi) is 2.94. The van der Waals surface area contributed by atoms with Gasteiger partial charge < -0.3 is 0 Å². The summed E-state index contributed by atoms with van der Waals surface area (Å²) in [6.45, 7) is 2.24. The number of rotatable bonds is 3. The van der Waals surface area contributed by atoms with Gasteiger partial charge in [0.2, 0.25) is 5.82 Å². The van der Waals surface area contributed by atoms with Gasteiger partial charge in [-0.05, 0) is 6.42 Å². The van der Waals surface area contributed by atoms with Crippen molar-refractivity contribution in [3.05, 3.63) is 5.82 Å². The number of alkyl halides is 3. The molecule has 0 amide bonds. The summed E-state index contributed by atoms with van der Waals surface area (Å²) < 4.78 is 36.2. The first-order valence-electron chi connectivity index (χ1n) is 3.97. The van der Waals surface area contributed by atoms with Crippen molar-refractivity contribution in [3.63, 3.8) is 0 Å². The lowest BCUT2D eigenvalue weighted by molar-refractivity contribution is -0.144. The summed E-state index contributed by atoms with van der Waals surface area (Å²) in [5, 5.41) is 6.18. The number of anilines is 1. The monoisotopic (exact) mass is 209 g/mol. The van der Waals surface area contributed by atoms with Gasteiger partial charge in [-0.15, -0.1) is 5.10 Å². The molecule has 0 saturated heterocycles. The number of aromatic amines is 1. The Morgan fingerprint density at radius 2 is 2.14 bits per heavy atom. The molecule has 1 aromatic heterocycles. The van der Waals surface area contributed by atoms with Gasteiger partial charge >= 0.3 is 6.18 Å². The minimum atomic E-state index is -4.52. The number of nitrogens with two attached hydrogens (primary N) is 1. The zero-order valence-electron chi connectivity index (χ0n) is 7.47. The highest BCUT2D eigenvalue weighted by molar-refractivity contribution is 5.25. The second-order valence-corrected chi connectivity index (χ2v) is 2.68. The van der Waals surface area contributed by atoms with Crippen LogP contribution in [-0.2, 0) is 6.18 Å². The molecule has 14 heavy (non-hydrogen) atoms. The Bertz CT molecular complexity index is 294. The molecule has 3 N–H and O–H groups in total. The molecule has 0 unspecified atom stereocenters. The number of nitrogens with zero attached hydrogens (tertiary/aromatic N) is 3. The number of aromatic nitrogens is 3. The predicted octanol–water partition coefficient (Wildman–Crippen LogP) is 0.914. The average molecular weight is 209 g/mol. The molecule has 0 atom stereocenters. The van der Waals surface area contributed by atoms with Gasteiger partial charge in [-0.3, -0.25) is 10.1 Å². The lowest BCUT2D eigenvalue weighted by Crippen LogP contribution is -2.32. The Morgan fingerprint density at radius 1 is 1.50 bits per heavy atom. The second-order valence-electron chi connectivity index (χ2n) is 2.68. The SMILES string of the molecule is CCCN(N)c1n[nH]c(C(F)(F)F)n1. The topological polar surface area (TPSA) is 70.8 Å². The molecule has 0 aromatic carbocycles. The Hall–Kier alpha value is -1.31. The van der Waals surface area contributed by atoms with E-state index in [0.29, 0.717) is 13.0 Å². The summed E-state index contributed by atoms with van der Waals surface area (Å²) in [5.74, 6) is 4.09. The van der Waals surface area contributed by atoms with E-state index in [2.05, 4.69) is 10.1 Å². The molecule has 0 radical (unpaired) electrons. The van der Waals surface area contributed by atoms with Crippen molar-refractivity contribution < 1.29 is 13.2 Å². The lowest BCUT2D eigenvalue weighted by Gasteiger charge is -2.11. The van der Waals surface area contributed by atoms with Crippen LogP contribution in [0.3, 0.4) is 0 Å². The van der Waals surface area contributed by atoms with Gasteiger partial charge in [0, 0.05) is 6.54 Å². The molecule has 0 aliphatic rings. The van der Waals surface area contributed by atoms with Crippen LogP contribution < -0.4 is 10.9 Å². The minimum Gasteiger partial charge on any atom is -0.278 e. The third-order valence-corrected chi connectivity index (χ3v) is 1.46. The van der Waals surface area contributed by atoms with Crippen molar-refractivity contribution in [2.24, 2.45) is 5.84 Å². The van der Waals surface area contributed by atoms with E-state index in [1.165, 1.54) is 0 Å². The zero-order chi connectivity index (χ0) is 10.8. The zero-order valence-corrected chi connectivity index (χ0v) is 7.47. The van der Waals surface area contributed by atoms with Gasteiger partial charge in [0.25, 0.3) is 5.95 Å². The van der Waals surface area contributed by atoms with Crippen molar-refractivity contribution in [1.82, 2.24) is 15.2 Å². The van der Waals surface area contributed by atoms with E-state index in [1.54, 1.807) is 5.10 Å². The summed E-state index contributed by atoms with van der Waals surface area (Å²) in [7, 11) is 0. The molecule has 1 rings (SSSR count). The van der Waals surface area contributed by atoms with Crippen LogP contribution in [0.15, 0.2) is 0 Å². The van der Waals surface area contributed by atoms with Crippen LogP contribution in [-0.4, -0.2) is 21.7 Å². The van der Waals surface area contributed by atoms with E-state index in [1.807, 2.05) is 6.92 Å². The summed E-state index contributed by atoms with van der Waals surface area (Å²) in [6.07, 6.45) is -3.81. The van der Waals surface area contributed by atoms with Crippen LogP contribution in [0.4, 0.5) is 19.1 Å². The van der Waals surface area contributed by atoms with Crippen LogP contribution in [0.25, 0.3) is 0 Å². The van der Waals surface area contributed by atoms with Gasteiger partial charge in [-0.25, -0.2) is 5.84 Å². The van der Waals surface area contributed by atoms with Crippen molar-refractivity contribution in [1.29, 1.82) is 0 Å². The smallest absolute Gasteiger partial charge is 0.278 e. The van der Waals surface area contributed by atoms with Crippen molar-refractivity contribution in [3.8, 4) is 0 Å². The third kappa shape index (κ3) is 2.34. The molecule has 0 bridgehead atoms. The molecular formula is C6H10F3N5. The highest BCUT2D eigenvalue weighted by Crippen LogP contribution is 2.26. The van der Waals surface area contributed by atoms with Crippen molar-refractivity contribution in [2.75, 3.05) is 11.6 Å². The van der Waals surface area contributed by atoms with Crippen LogP contribution in [0.1, 0.15) is 19.2 Å². The predicted molar refractivity (Wildman–Crippen MR) is 43.2 cm³/mol. The van der Waals surface area contributed by atoms with Crippen LogP contribution in [0.5, 0.6) is 0 Å². The Balaban J connectivity index is 2.78. The molecule has 0 aliphatic carbocycles. The maximum atomic E-state index is 12.1. The number of nitrogens with one attached hydrogen (secondary N) is 1. The van der Waals surface area contributed by atoms with Crippen molar-refractivity contribution in [2.45, 2.75) is 19.5 Å². The minimum absolute atomic E-state index is 0.154. The summed E-state index contributed by atoms with van der Waals surface area (Å²) in [6, 6.07) is 0. The molecule has 1 aromatic rings. The number of halogens is 3. The number of hydrogen-bond donors (Lipinski definition) is 2. The summed E-state index contributed by atoms with van der Waals surface area (Å²) >= 11 is 0. The van der Waals surface area contributed by atoms with E-state index < -0.39 is 12.0 Å². The molecule has 0 aliphatic heterocycles. The van der Waals surface area contributed by atoms with E-state index in [0.717, 1.165) is 5.01 Å².